The summed E-state index contributed by atoms with van der Waals surface area (Å²) in [5.74, 6) is -3.25. The van der Waals surface area contributed by atoms with E-state index < -0.39 is 35.7 Å². The fourth-order valence-corrected chi connectivity index (χ4v) is 3.15. The van der Waals surface area contributed by atoms with E-state index in [1.165, 1.54) is 12.2 Å². The Balaban J connectivity index is 2.17. The molecule has 0 aromatic heterocycles. The number of hydrogen-bond donors (Lipinski definition) is 2. The van der Waals surface area contributed by atoms with Gasteiger partial charge in [0.2, 0.25) is 0 Å². The third-order valence-corrected chi connectivity index (χ3v) is 4.29. The van der Waals surface area contributed by atoms with Crippen molar-refractivity contribution in [3.05, 3.63) is 0 Å². The molecule has 2 N–H and O–H groups in total. The fourth-order valence-electron chi connectivity index (χ4n) is 2.00. The fraction of sp³-hybridized carbons (Fsp3) is 0.900. The molecule has 0 aromatic rings. The summed E-state index contributed by atoms with van der Waals surface area (Å²) in [6, 6.07) is -0.786. The first-order chi connectivity index (χ1) is 8.75. The lowest BCUT2D eigenvalue weighted by Gasteiger charge is -2.40. The SMILES string of the molecule is CON(C)C1=NC2C(OC(C(C)(F)F)C(O)C2O)S1. The van der Waals surface area contributed by atoms with E-state index in [4.69, 9.17) is 9.57 Å². The van der Waals surface area contributed by atoms with E-state index in [0.29, 0.717) is 12.1 Å². The van der Waals surface area contributed by atoms with E-state index in [-0.39, 0.29) is 0 Å². The number of aliphatic hydroxyl groups is 2. The molecule has 6 nitrogen and oxygen atoms in total. The van der Waals surface area contributed by atoms with Gasteiger partial charge >= 0.3 is 0 Å². The summed E-state index contributed by atoms with van der Waals surface area (Å²) >= 11 is 1.08. The van der Waals surface area contributed by atoms with Gasteiger partial charge in [0, 0.05) is 14.0 Å². The molecular formula is C10H16F2N2O4S. The number of alkyl halides is 2. The predicted octanol–water partition coefficient (Wildman–Crippen LogP) is 0.0529. The van der Waals surface area contributed by atoms with Crippen LogP contribution < -0.4 is 0 Å². The number of ether oxygens (including phenoxy) is 1. The third-order valence-electron chi connectivity index (χ3n) is 3.09. The quantitative estimate of drug-likeness (QED) is 0.702. The van der Waals surface area contributed by atoms with Gasteiger partial charge < -0.3 is 14.9 Å². The van der Waals surface area contributed by atoms with Crippen LogP contribution in [-0.4, -0.2) is 70.3 Å². The highest BCUT2D eigenvalue weighted by Crippen LogP contribution is 2.40. The monoisotopic (exact) mass is 298 g/mol. The van der Waals surface area contributed by atoms with Crippen LogP contribution >= 0.6 is 11.8 Å². The number of fused-ring (bicyclic) bond motifs is 1. The Kier molecular flexibility index (Phi) is 4.03. The van der Waals surface area contributed by atoms with Gasteiger partial charge in [-0.15, -0.1) is 0 Å². The largest absolute Gasteiger partial charge is 0.388 e. The molecule has 1 fully saturated rings. The summed E-state index contributed by atoms with van der Waals surface area (Å²) < 4.78 is 31.9. The molecule has 2 aliphatic heterocycles. The van der Waals surface area contributed by atoms with Crippen molar-refractivity contribution in [2.45, 2.75) is 42.6 Å². The van der Waals surface area contributed by atoms with Crippen LogP contribution in [0.2, 0.25) is 0 Å². The van der Waals surface area contributed by atoms with Gasteiger partial charge in [-0.3, -0.25) is 9.83 Å². The van der Waals surface area contributed by atoms with Crippen LogP contribution in [0.4, 0.5) is 8.78 Å². The Morgan fingerprint density at radius 1 is 1.42 bits per heavy atom. The highest BCUT2D eigenvalue weighted by molar-refractivity contribution is 8.14. The molecule has 5 atom stereocenters. The molecule has 5 unspecified atom stereocenters. The van der Waals surface area contributed by atoms with Crippen LogP contribution in [0.3, 0.4) is 0 Å². The number of rotatable bonds is 2. The van der Waals surface area contributed by atoms with Crippen LogP contribution in [0, 0.1) is 0 Å². The molecule has 0 saturated carbocycles. The van der Waals surface area contributed by atoms with Crippen LogP contribution in [0.15, 0.2) is 4.99 Å². The van der Waals surface area contributed by atoms with Gasteiger partial charge in [0.1, 0.15) is 23.7 Å². The Morgan fingerprint density at radius 2 is 2.05 bits per heavy atom. The Morgan fingerprint density at radius 3 is 2.58 bits per heavy atom. The second-order valence-electron chi connectivity index (χ2n) is 4.56. The lowest BCUT2D eigenvalue weighted by molar-refractivity contribution is -0.226. The lowest BCUT2D eigenvalue weighted by atomic mass is 9.95. The maximum atomic E-state index is 13.3. The van der Waals surface area contributed by atoms with Crippen molar-refractivity contribution in [3.8, 4) is 0 Å². The summed E-state index contributed by atoms with van der Waals surface area (Å²) in [6.07, 6.45) is -4.83. The first kappa shape index (κ1) is 14.9. The van der Waals surface area contributed by atoms with Crippen LogP contribution in [0.1, 0.15) is 6.92 Å². The molecule has 110 valence electrons. The Labute approximate surface area is 113 Å². The molecule has 0 bridgehead atoms. The van der Waals surface area contributed by atoms with E-state index >= 15 is 0 Å². The van der Waals surface area contributed by atoms with Gasteiger partial charge in [-0.1, -0.05) is 11.8 Å². The molecule has 1 saturated heterocycles. The average molecular weight is 298 g/mol. The second-order valence-corrected chi connectivity index (χ2v) is 5.63. The number of amidine groups is 1. The van der Waals surface area contributed by atoms with Crippen molar-refractivity contribution in [1.82, 2.24) is 5.06 Å². The summed E-state index contributed by atoms with van der Waals surface area (Å²) in [7, 11) is 3.03. The molecule has 0 spiro atoms. The van der Waals surface area contributed by atoms with Crippen molar-refractivity contribution in [2.75, 3.05) is 14.2 Å². The van der Waals surface area contributed by atoms with Crippen LogP contribution in [0.25, 0.3) is 0 Å². The maximum Gasteiger partial charge on any atom is 0.273 e. The molecule has 2 heterocycles. The predicted molar refractivity (Wildman–Crippen MR) is 64.9 cm³/mol. The molecule has 0 aromatic carbocycles. The molecule has 2 rings (SSSR count). The smallest absolute Gasteiger partial charge is 0.273 e. The van der Waals surface area contributed by atoms with Gasteiger partial charge in [-0.05, 0) is 0 Å². The minimum absolute atomic E-state index is 0.406. The molecule has 0 radical (unpaired) electrons. The zero-order valence-electron chi connectivity index (χ0n) is 10.7. The summed E-state index contributed by atoms with van der Waals surface area (Å²) in [6.45, 7) is 0.649. The van der Waals surface area contributed by atoms with Gasteiger partial charge in [0.25, 0.3) is 5.92 Å². The van der Waals surface area contributed by atoms with E-state index in [9.17, 15) is 19.0 Å². The van der Waals surface area contributed by atoms with Crippen molar-refractivity contribution in [1.29, 1.82) is 0 Å². The number of halogens is 2. The van der Waals surface area contributed by atoms with Gasteiger partial charge in [0.15, 0.2) is 11.3 Å². The minimum atomic E-state index is -3.25. The second kappa shape index (κ2) is 5.13. The zero-order chi connectivity index (χ0) is 14.4. The van der Waals surface area contributed by atoms with Gasteiger partial charge in [0.05, 0.1) is 7.11 Å². The van der Waals surface area contributed by atoms with Crippen molar-refractivity contribution in [3.63, 3.8) is 0 Å². The van der Waals surface area contributed by atoms with Gasteiger partial charge in [-0.2, -0.15) is 0 Å². The van der Waals surface area contributed by atoms with Crippen LogP contribution in [-0.2, 0) is 9.57 Å². The van der Waals surface area contributed by atoms with E-state index in [1.54, 1.807) is 7.05 Å². The first-order valence-electron chi connectivity index (χ1n) is 5.67. The number of aliphatic imine (C=N–C) groups is 1. The molecule has 19 heavy (non-hydrogen) atoms. The highest BCUT2D eigenvalue weighted by atomic mass is 32.2. The zero-order valence-corrected chi connectivity index (χ0v) is 11.5. The summed E-state index contributed by atoms with van der Waals surface area (Å²) in [5.41, 5.74) is -0.762. The topological polar surface area (TPSA) is 74.5 Å². The highest BCUT2D eigenvalue weighted by Gasteiger charge is 2.55. The summed E-state index contributed by atoms with van der Waals surface area (Å²) in [4.78, 5) is 9.06. The molecular weight excluding hydrogens is 282 g/mol. The lowest BCUT2D eigenvalue weighted by Crippen LogP contribution is -2.59. The van der Waals surface area contributed by atoms with Gasteiger partial charge in [-0.25, -0.2) is 13.8 Å². The van der Waals surface area contributed by atoms with E-state index in [1.807, 2.05) is 0 Å². The van der Waals surface area contributed by atoms with E-state index in [0.717, 1.165) is 11.8 Å². The maximum absolute atomic E-state index is 13.3. The number of nitrogens with zero attached hydrogens (tertiary/aromatic N) is 2. The standard InChI is InChI=1S/C10H16F2N2O4S/c1-10(11,12)7-6(16)5(15)4-8(18-7)19-9(13-4)14(2)17-3/h4-8,15-16H,1-3H3. The Bertz CT molecular complexity index is 379. The number of thioether (sulfide) groups is 1. The van der Waals surface area contributed by atoms with Crippen molar-refractivity contribution < 1.29 is 28.6 Å². The minimum Gasteiger partial charge on any atom is -0.388 e. The van der Waals surface area contributed by atoms with Crippen LogP contribution in [0.5, 0.6) is 0 Å². The molecule has 0 amide bonds. The number of hydroxylamine groups is 2. The average Bonchev–Trinajstić information content (AvgIpc) is 2.75. The molecule has 9 heteroatoms. The van der Waals surface area contributed by atoms with E-state index in [2.05, 4.69) is 4.99 Å². The van der Waals surface area contributed by atoms with Crippen molar-refractivity contribution in [2.24, 2.45) is 4.99 Å². The molecule has 2 aliphatic rings. The number of aliphatic hydroxyl groups excluding tert-OH is 2. The number of hydrogen-bond acceptors (Lipinski definition) is 7. The summed E-state index contributed by atoms with van der Waals surface area (Å²) in [5, 5.41) is 21.4. The van der Waals surface area contributed by atoms with Crippen molar-refractivity contribution >= 4 is 16.9 Å². The Hall–Kier alpha value is -0.480. The first-order valence-corrected chi connectivity index (χ1v) is 6.55. The third kappa shape index (κ3) is 2.70. The molecule has 0 aliphatic carbocycles. The normalized spacial score (nSPS) is 38.9.